The van der Waals surface area contributed by atoms with Gasteiger partial charge < -0.3 is 14.8 Å². The van der Waals surface area contributed by atoms with E-state index in [1.165, 1.54) is 12.8 Å². The van der Waals surface area contributed by atoms with Gasteiger partial charge in [-0.25, -0.2) is 5.43 Å². The van der Waals surface area contributed by atoms with Gasteiger partial charge in [0, 0.05) is 12.3 Å². The molecule has 7 heteroatoms. The number of hydrogen-bond donors (Lipinski definition) is 2. The molecule has 142 valence electrons. The normalized spacial score (nSPS) is 14.2. The molecule has 2 amide bonds. The first-order valence-corrected chi connectivity index (χ1v) is 8.98. The van der Waals surface area contributed by atoms with Crippen LogP contribution in [0.25, 0.3) is 0 Å². The number of methoxy groups -OCH3 is 2. The fourth-order valence-electron chi connectivity index (χ4n) is 2.87. The average molecular weight is 361 g/mol. The number of rotatable bonds is 6. The first kappa shape index (κ1) is 19.8. The van der Waals surface area contributed by atoms with Crippen molar-refractivity contribution in [3.8, 4) is 11.5 Å². The molecular formula is C19H27N3O4. The van der Waals surface area contributed by atoms with Gasteiger partial charge >= 0.3 is 11.8 Å². The largest absolute Gasteiger partial charge is 0.493 e. The number of benzene rings is 1. The Morgan fingerprint density at radius 1 is 1.00 bits per heavy atom. The summed E-state index contributed by atoms with van der Waals surface area (Å²) in [6.07, 6.45) is 6.93. The molecule has 0 saturated heterocycles. The molecule has 1 saturated carbocycles. The lowest BCUT2D eigenvalue weighted by molar-refractivity contribution is -0.139. The van der Waals surface area contributed by atoms with Crippen molar-refractivity contribution in [1.82, 2.24) is 10.7 Å². The highest BCUT2D eigenvalue weighted by molar-refractivity contribution is 6.35. The van der Waals surface area contributed by atoms with Crippen LogP contribution < -0.4 is 20.2 Å². The second-order valence-corrected chi connectivity index (χ2v) is 6.23. The summed E-state index contributed by atoms with van der Waals surface area (Å²) in [4.78, 5) is 23.7. The highest BCUT2D eigenvalue weighted by Gasteiger charge is 2.13. The van der Waals surface area contributed by atoms with Gasteiger partial charge in [0.1, 0.15) is 0 Å². The summed E-state index contributed by atoms with van der Waals surface area (Å²) >= 11 is 0. The molecule has 0 spiro atoms. The van der Waals surface area contributed by atoms with Crippen molar-refractivity contribution in [2.45, 2.75) is 44.9 Å². The molecule has 1 fully saturated rings. The van der Waals surface area contributed by atoms with Gasteiger partial charge in [-0.2, -0.15) is 5.10 Å². The van der Waals surface area contributed by atoms with E-state index in [9.17, 15) is 9.59 Å². The summed E-state index contributed by atoms with van der Waals surface area (Å²) in [5.74, 6) is -0.122. The van der Waals surface area contributed by atoms with Gasteiger partial charge in [0.15, 0.2) is 11.5 Å². The van der Waals surface area contributed by atoms with Crippen LogP contribution in [-0.4, -0.2) is 38.3 Å². The topological polar surface area (TPSA) is 89.0 Å². The van der Waals surface area contributed by atoms with Crippen molar-refractivity contribution in [1.29, 1.82) is 0 Å². The van der Waals surface area contributed by atoms with E-state index in [1.54, 1.807) is 14.2 Å². The number of carbonyl (C=O) groups excluding carboxylic acids is 2. The van der Waals surface area contributed by atoms with Crippen LogP contribution in [0.1, 0.15) is 44.1 Å². The number of ether oxygens (including phenoxy) is 2. The Hall–Kier alpha value is -2.57. The maximum absolute atomic E-state index is 11.9. The van der Waals surface area contributed by atoms with Crippen LogP contribution in [0.4, 0.5) is 0 Å². The third-order valence-corrected chi connectivity index (χ3v) is 4.35. The zero-order valence-electron chi connectivity index (χ0n) is 15.5. The summed E-state index contributed by atoms with van der Waals surface area (Å²) < 4.78 is 10.4. The lowest BCUT2D eigenvalue weighted by atomic mass is 10.1. The van der Waals surface area contributed by atoms with E-state index in [1.807, 2.05) is 18.2 Å². The SMILES string of the molecule is COc1ccc(CCNC(=O)C(=O)NN=C2CCCCCC2)cc1OC. The fraction of sp³-hybridized carbons (Fsp3) is 0.526. The number of amides is 2. The molecule has 0 aromatic heterocycles. The van der Waals surface area contributed by atoms with Crippen molar-refractivity contribution in [2.24, 2.45) is 5.10 Å². The predicted octanol–water partition coefficient (Wildman–Crippen LogP) is 2.19. The first-order chi connectivity index (χ1) is 12.6. The Morgan fingerprint density at radius 3 is 2.35 bits per heavy atom. The molecule has 1 aromatic carbocycles. The Bertz CT molecular complexity index is 648. The van der Waals surface area contributed by atoms with Gasteiger partial charge in [0.25, 0.3) is 0 Å². The number of nitrogens with zero attached hydrogens (tertiary/aromatic N) is 1. The molecule has 0 aliphatic heterocycles. The molecule has 0 atom stereocenters. The average Bonchev–Trinajstić information content (AvgIpc) is 2.94. The predicted molar refractivity (Wildman–Crippen MR) is 99.5 cm³/mol. The summed E-state index contributed by atoms with van der Waals surface area (Å²) in [5.41, 5.74) is 4.30. The maximum Gasteiger partial charge on any atom is 0.329 e. The lowest BCUT2D eigenvalue weighted by Crippen LogP contribution is -2.39. The summed E-state index contributed by atoms with van der Waals surface area (Å²) in [7, 11) is 3.15. The highest BCUT2D eigenvalue weighted by atomic mass is 16.5. The zero-order chi connectivity index (χ0) is 18.8. The van der Waals surface area contributed by atoms with Crippen LogP contribution in [0.3, 0.4) is 0 Å². The second kappa shape index (κ2) is 10.4. The van der Waals surface area contributed by atoms with Gasteiger partial charge in [0.2, 0.25) is 0 Å². The number of hydrogen-bond acceptors (Lipinski definition) is 5. The minimum Gasteiger partial charge on any atom is -0.493 e. The van der Waals surface area contributed by atoms with Crippen molar-refractivity contribution >= 4 is 17.5 Å². The summed E-state index contributed by atoms with van der Waals surface area (Å²) in [5, 5.41) is 6.70. The van der Waals surface area contributed by atoms with Crippen molar-refractivity contribution < 1.29 is 19.1 Å². The molecule has 0 heterocycles. The molecule has 0 unspecified atom stereocenters. The van der Waals surface area contributed by atoms with E-state index in [0.29, 0.717) is 24.5 Å². The van der Waals surface area contributed by atoms with E-state index < -0.39 is 11.8 Å². The Balaban J connectivity index is 1.77. The highest BCUT2D eigenvalue weighted by Crippen LogP contribution is 2.27. The Morgan fingerprint density at radius 2 is 1.69 bits per heavy atom. The van der Waals surface area contributed by atoms with E-state index in [4.69, 9.17) is 9.47 Å². The van der Waals surface area contributed by atoms with Crippen LogP contribution in [-0.2, 0) is 16.0 Å². The minimum atomic E-state index is -0.728. The maximum atomic E-state index is 11.9. The molecule has 2 rings (SSSR count). The van der Waals surface area contributed by atoms with Crippen molar-refractivity contribution in [2.75, 3.05) is 20.8 Å². The fourth-order valence-corrected chi connectivity index (χ4v) is 2.87. The molecule has 1 aliphatic carbocycles. The van der Waals surface area contributed by atoms with Gasteiger partial charge in [0.05, 0.1) is 14.2 Å². The van der Waals surface area contributed by atoms with Gasteiger partial charge in [-0.05, 0) is 49.8 Å². The van der Waals surface area contributed by atoms with Gasteiger partial charge in [-0.3, -0.25) is 9.59 Å². The smallest absolute Gasteiger partial charge is 0.329 e. The van der Waals surface area contributed by atoms with Crippen LogP contribution in [0.2, 0.25) is 0 Å². The van der Waals surface area contributed by atoms with E-state index in [0.717, 1.165) is 37.0 Å². The number of hydrazone groups is 1. The number of nitrogens with one attached hydrogen (secondary N) is 2. The Labute approximate surface area is 154 Å². The summed E-state index contributed by atoms with van der Waals surface area (Å²) in [6, 6.07) is 5.56. The monoisotopic (exact) mass is 361 g/mol. The second-order valence-electron chi connectivity index (χ2n) is 6.23. The number of carbonyl (C=O) groups is 2. The minimum absolute atomic E-state index is 0.346. The van der Waals surface area contributed by atoms with E-state index in [2.05, 4.69) is 15.8 Å². The first-order valence-electron chi connectivity index (χ1n) is 8.98. The summed E-state index contributed by atoms with van der Waals surface area (Å²) in [6.45, 7) is 0.346. The molecule has 0 bridgehead atoms. The van der Waals surface area contributed by atoms with Crippen molar-refractivity contribution in [3.05, 3.63) is 23.8 Å². The van der Waals surface area contributed by atoms with Crippen LogP contribution in [0, 0.1) is 0 Å². The standard InChI is InChI=1S/C19H27N3O4/c1-25-16-10-9-14(13-17(16)26-2)11-12-20-18(23)19(24)22-21-15-7-5-3-4-6-8-15/h9-10,13H,3-8,11-12H2,1-2H3,(H,20,23)(H,22,24). The van der Waals surface area contributed by atoms with Crippen LogP contribution >= 0.6 is 0 Å². The quantitative estimate of drug-likeness (QED) is 0.462. The molecule has 1 aromatic rings. The molecule has 1 aliphatic rings. The van der Waals surface area contributed by atoms with Crippen LogP contribution in [0.15, 0.2) is 23.3 Å². The van der Waals surface area contributed by atoms with Crippen molar-refractivity contribution in [3.63, 3.8) is 0 Å². The van der Waals surface area contributed by atoms with E-state index >= 15 is 0 Å². The van der Waals surface area contributed by atoms with Gasteiger partial charge in [-0.1, -0.05) is 18.9 Å². The molecule has 2 N–H and O–H groups in total. The molecular weight excluding hydrogens is 334 g/mol. The molecule has 0 radical (unpaired) electrons. The van der Waals surface area contributed by atoms with Crippen LogP contribution in [0.5, 0.6) is 11.5 Å². The third-order valence-electron chi connectivity index (χ3n) is 4.35. The zero-order valence-corrected chi connectivity index (χ0v) is 15.5. The molecule has 7 nitrogen and oxygen atoms in total. The Kier molecular flexibility index (Phi) is 7.92. The third kappa shape index (κ3) is 6.06. The van der Waals surface area contributed by atoms with Gasteiger partial charge in [-0.15, -0.1) is 0 Å². The molecule has 26 heavy (non-hydrogen) atoms. The lowest BCUT2D eigenvalue weighted by Gasteiger charge is -2.10. The van der Waals surface area contributed by atoms with E-state index in [-0.39, 0.29) is 0 Å².